The van der Waals surface area contributed by atoms with Crippen LogP contribution < -0.4 is 10.6 Å². The highest BCUT2D eigenvalue weighted by molar-refractivity contribution is 5.82. The van der Waals surface area contributed by atoms with E-state index in [9.17, 15) is 9.59 Å². The van der Waals surface area contributed by atoms with Gasteiger partial charge in [0.25, 0.3) is 0 Å². The van der Waals surface area contributed by atoms with Crippen LogP contribution in [0.25, 0.3) is 0 Å². The van der Waals surface area contributed by atoms with Gasteiger partial charge in [0, 0.05) is 6.54 Å². The highest BCUT2D eigenvalue weighted by Crippen LogP contribution is 1.96. The molecule has 1 atom stereocenters. The van der Waals surface area contributed by atoms with Crippen LogP contribution in [0, 0.1) is 0 Å². The SMILES string of the molecule is C/C=C/CNC(=O)NC(CCC)C(=O)O. The van der Waals surface area contributed by atoms with E-state index in [-0.39, 0.29) is 0 Å². The lowest BCUT2D eigenvalue weighted by Gasteiger charge is -2.13. The van der Waals surface area contributed by atoms with Crippen molar-refractivity contribution < 1.29 is 14.7 Å². The summed E-state index contributed by atoms with van der Waals surface area (Å²) < 4.78 is 0. The van der Waals surface area contributed by atoms with E-state index in [4.69, 9.17) is 5.11 Å². The van der Waals surface area contributed by atoms with Gasteiger partial charge in [0.2, 0.25) is 0 Å². The van der Waals surface area contributed by atoms with Gasteiger partial charge in [0.05, 0.1) is 0 Å². The Hall–Kier alpha value is -1.52. The number of aliphatic carboxylic acids is 1. The molecule has 0 radical (unpaired) electrons. The lowest BCUT2D eigenvalue weighted by atomic mass is 10.2. The van der Waals surface area contributed by atoms with Crippen LogP contribution in [0.15, 0.2) is 12.2 Å². The van der Waals surface area contributed by atoms with Crippen LogP contribution in [0.2, 0.25) is 0 Å². The molecule has 0 spiro atoms. The van der Waals surface area contributed by atoms with Gasteiger partial charge in [-0.3, -0.25) is 0 Å². The second-order valence-electron chi connectivity index (χ2n) is 3.10. The molecule has 2 amide bonds. The lowest BCUT2D eigenvalue weighted by molar-refractivity contribution is -0.139. The zero-order chi connectivity index (χ0) is 11.7. The molecule has 0 heterocycles. The van der Waals surface area contributed by atoms with Crippen molar-refractivity contribution >= 4 is 12.0 Å². The number of allylic oxidation sites excluding steroid dienone is 1. The average Bonchev–Trinajstić information content (AvgIpc) is 2.17. The molecule has 5 heteroatoms. The number of carboxylic acid groups (broad SMARTS) is 1. The molecule has 0 aliphatic rings. The molecule has 5 nitrogen and oxygen atoms in total. The predicted molar refractivity (Wildman–Crippen MR) is 57.7 cm³/mol. The summed E-state index contributed by atoms with van der Waals surface area (Å²) in [7, 11) is 0. The molecule has 0 fully saturated rings. The zero-order valence-electron chi connectivity index (χ0n) is 9.12. The minimum absolute atomic E-state index is 0.404. The number of carbonyl (C=O) groups excluding carboxylic acids is 1. The van der Waals surface area contributed by atoms with Gasteiger partial charge >= 0.3 is 12.0 Å². The van der Waals surface area contributed by atoms with Crippen molar-refractivity contribution in [2.24, 2.45) is 0 Å². The van der Waals surface area contributed by atoms with Crippen LogP contribution in [-0.2, 0) is 4.79 Å². The fourth-order valence-corrected chi connectivity index (χ4v) is 1.02. The van der Waals surface area contributed by atoms with E-state index in [2.05, 4.69) is 10.6 Å². The molecule has 1 unspecified atom stereocenters. The summed E-state index contributed by atoms with van der Waals surface area (Å²) in [5, 5.41) is 13.7. The summed E-state index contributed by atoms with van der Waals surface area (Å²) in [5.74, 6) is -1.00. The molecule has 0 saturated carbocycles. The summed E-state index contributed by atoms with van der Waals surface area (Å²) >= 11 is 0. The molecule has 0 rings (SSSR count). The van der Waals surface area contributed by atoms with Crippen LogP contribution >= 0.6 is 0 Å². The van der Waals surface area contributed by atoms with Gasteiger partial charge in [-0.05, 0) is 13.3 Å². The molecule has 0 aromatic carbocycles. The van der Waals surface area contributed by atoms with Gasteiger partial charge in [-0.1, -0.05) is 25.5 Å². The fourth-order valence-electron chi connectivity index (χ4n) is 1.02. The number of urea groups is 1. The summed E-state index contributed by atoms with van der Waals surface area (Å²) in [4.78, 5) is 21.9. The number of hydrogen-bond donors (Lipinski definition) is 3. The minimum atomic E-state index is -1.00. The molecule has 0 aliphatic carbocycles. The predicted octanol–water partition coefficient (Wildman–Crippen LogP) is 1.11. The van der Waals surface area contributed by atoms with Crippen molar-refractivity contribution in [1.82, 2.24) is 10.6 Å². The van der Waals surface area contributed by atoms with Crippen LogP contribution in [0.1, 0.15) is 26.7 Å². The van der Waals surface area contributed by atoms with Gasteiger partial charge in [-0.2, -0.15) is 0 Å². The molecular weight excluding hydrogens is 196 g/mol. The zero-order valence-corrected chi connectivity index (χ0v) is 9.12. The summed E-state index contributed by atoms with van der Waals surface area (Å²) in [6.45, 7) is 4.12. The van der Waals surface area contributed by atoms with E-state index in [1.54, 1.807) is 12.2 Å². The quantitative estimate of drug-likeness (QED) is 0.580. The smallest absolute Gasteiger partial charge is 0.326 e. The summed E-state index contributed by atoms with van der Waals surface area (Å²) in [6.07, 6.45) is 4.73. The van der Waals surface area contributed by atoms with Crippen molar-refractivity contribution in [1.29, 1.82) is 0 Å². The third kappa shape index (κ3) is 6.54. The van der Waals surface area contributed by atoms with Crippen molar-refractivity contribution in [3.63, 3.8) is 0 Å². The van der Waals surface area contributed by atoms with Gasteiger partial charge in [-0.25, -0.2) is 9.59 Å². The Morgan fingerprint density at radius 3 is 2.60 bits per heavy atom. The molecule has 0 bridgehead atoms. The Morgan fingerprint density at radius 1 is 1.47 bits per heavy atom. The van der Waals surface area contributed by atoms with E-state index < -0.39 is 18.0 Å². The van der Waals surface area contributed by atoms with E-state index >= 15 is 0 Å². The minimum Gasteiger partial charge on any atom is -0.480 e. The molecule has 0 saturated heterocycles. The molecule has 86 valence electrons. The molecule has 15 heavy (non-hydrogen) atoms. The monoisotopic (exact) mass is 214 g/mol. The Kier molecular flexibility index (Phi) is 7.05. The van der Waals surface area contributed by atoms with Crippen LogP contribution in [0.4, 0.5) is 4.79 Å². The van der Waals surface area contributed by atoms with E-state index in [0.29, 0.717) is 19.4 Å². The van der Waals surface area contributed by atoms with Crippen molar-refractivity contribution in [2.75, 3.05) is 6.54 Å². The number of hydrogen-bond acceptors (Lipinski definition) is 2. The van der Waals surface area contributed by atoms with Crippen LogP contribution in [0.3, 0.4) is 0 Å². The second-order valence-corrected chi connectivity index (χ2v) is 3.10. The molecule has 0 aliphatic heterocycles. The third-order valence-corrected chi connectivity index (χ3v) is 1.80. The Morgan fingerprint density at radius 2 is 2.13 bits per heavy atom. The van der Waals surface area contributed by atoms with E-state index in [0.717, 1.165) is 0 Å². The van der Waals surface area contributed by atoms with E-state index in [1.165, 1.54) is 0 Å². The van der Waals surface area contributed by atoms with E-state index in [1.807, 2.05) is 13.8 Å². The first-order valence-electron chi connectivity index (χ1n) is 5.00. The normalized spacial score (nSPS) is 12.4. The van der Waals surface area contributed by atoms with Gasteiger partial charge in [0.15, 0.2) is 0 Å². The standard InChI is InChI=1S/C10H18N2O3/c1-3-5-7-11-10(15)12-8(6-4-2)9(13)14/h3,5,8H,4,6-7H2,1-2H3,(H,13,14)(H2,11,12,15)/b5-3+. The highest BCUT2D eigenvalue weighted by atomic mass is 16.4. The number of amides is 2. The number of nitrogens with one attached hydrogen (secondary N) is 2. The van der Waals surface area contributed by atoms with Crippen LogP contribution in [0.5, 0.6) is 0 Å². The van der Waals surface area contributed by atoms with Gasteiger partial charge in [0.1, 0.15) is 6.04 Å². The summed E-state index contributed by atoms with van der Waals surface area (Å²) in [5.41, 5.74) is 0. The topological polar surface area (TPSA) is 78.4 Å². The number of carbonyl (C=O) groups is 2. The van der Waals surface area contributed by atoms with Crippen molar-refractivity contribution in [2.45, 2.75) is 32.7 Å². The fraction of sp³-hybridized carbons (Fsp3) is 0.600. The molecule has 0 aromatic heterocycles. The average molecular weight is 214 g/mol. The largest absolute Gasteiger partial charge is 0.480 e. The van der Waals surface area contributed by atoms with Crippen molar-refractivity contribution in [3.05, 3.63) is 12.2 Å². The Labute approximate surface area is 89.6 Å². The third-order valence-electron chi connectivity index (χ3n) is 1.80. The Balaban J connectivity index is 3.94. The molecule has 0 aromatic rings. The maximum atomic E-state index is 11.2. The van der Waals surface area contributed by atoms with Crippen molar-refractivity contribution in [3.8, 4) is 0 Å². The first-order chi connectivity index (χ1) is 7.11. The Bertz CT molecular complexity index is 239. The maximum absolute atomic E-state index is 11.2. The van der Waals surface area contributed by atoms with Gasteiger partial charge < -0.3 is 15.7 Å². The second kappa shape index (κ2) is 7.84. The summed E-state index contributed by atoms with van der Waals surface area (Å²) in [6, 6.07) is -1.26. The lowest BCUT2D eigenvalue weighted by Crippen LogP contribution is -2.45. The first kappa shape index (κ1) is 13.5. The van der Waals surface area contributed by atoms with Crippen LogP contribution in [-0.4, -0.2) is 29.7 Å². The maximum Gasteiger partial charge on any atom is 0.326 e. The van der Waals surface area contributed by atoms with Gasteiger partial charge in [-0.15, -0.1) is 0 Å². The number of carboxylic acids is 1. The number of rotatable bonds is 6. The highest BCUT2D eigenvalue weighted by Gasteiger charge is 2.17. The first-order valence-corrected chi connectivity index (χ1v) is 5.00. The molecular formula is C10H18N2O3. The molecule has 3 N–H and O–H groups in total.